The molecule has 5 heteroatoms. The van der Waals surface area contributed by atoms with Gasteiger partial charge in [-0.15, -0.1) is 0 Å². The Labute approximate surface area is 90.0 Å². The van der Waals surface area contributed by atoms with Crippen LogP contribution in [0, 0.1) is 0 Å². The van der Waals surface area contributed by atoms with Gasteiger partial charge in [0.25, 0.3) is 0 Å². The highest BCUT2D eigenvalue weighted by molar-refractivity contribution is 5.86. The molecule has 0 radical (unpaired) electrons. The standard InChI is InChI=1S/C10H20N2O3/c1-4-5-10(3,9(14)15)12-8(13)6-7(2)11/h7H,4-6,11H2,1-3H3,(H,12,13)(H,14,15). The monoisotopic (exact) mass is 216 g/mol. The number of hydrogen-bond acceptors (Lipinski definition) is 3. The number of amides is 1. The Morgan fingerprint density at radius 3 is 2.40 bits per heavy atom. The lowest BCUT2D eigenvalue weighted by atomic mass is 9.96. The molecule has 0 aliphatic heterocycles. The average Bonchev–Trinajstić information content (AvgIpc) is 2.01. The molecule has 0 bridgehead atoms. The van der Waals surface area contributed by atoms with Crippen LogP contribution in [0.25, 0.3) is 0 Å². The number of carbonyl (C=O) groups excluding carboxylic acids is 1. The lowest BCUT2D eigenvalue weighted by Crippen LogP contribution is -2.52. The van der Waals surface area contributed by atoms with Crippen LogP contribution in [-0.4, -0.2) is 28.6 Å². The van der Waals surface area contributed by atoms with E-state index >= 15 is 0 Å². The SMILES string of the molecule is CCCC(C)(NC(=O)CC(C)N)C(=O)O. The van der Waals surface area contributed by atoms with Crippen molar-refractivity contribution >= 4 is 11.9 Å². The smallest absolute Gasteiger partial charge is 0.329 e. The van der Waals surface area contributed by atoms with E-state index in [1.165, 1.54) is 6.92 Å². The maximum atomic E-state index is 11.4. The van der Waals surface area contributed by atoms with Crippen molar-refractivity contribution in [2.75, 3.05) is 0 Å². The van der Waals surface area contributed by atoms with E-state index in [-0.39, 0.29) is 18.4 Å². The molecule has 0 aromatic carbocycles. The fourth-order valence-electron chi connectivity index (χ4n) is 1.37. The Balaban J connectivity index is 4.41. The predicted octanol–water partition coefficient (Wildman–Crippen LogP) is 0.483. The van der Waals surface area contributed by atoms with Crippen molar-refractivity contribution in [2.45, 2.75) is 51.6 Å². The second-order valence-electron chi connectivity index (χ2n) is 4.12. The van der Waals surface area contributed by atoms with Crippen LogP contribution in [0.5, 0.6) is 0 Å². The number of aliphatic carboxylic acids is 1. The van der Waals surface area contributed by atoms with Gasteiger partial charge in [-0.3, -0.25) is 4.79 Å². The van der Waals surface area contributed by atoms with E-state index in [1.54, 1.807) is 6.92 Å². The average molecular weight is 216 g/mol. The zero-order chi connectivity index (χ0) is 12.1. The molecule has 0 aliphatic rings. The Kier molecular flexibility index (Phi) is 5.28. The van der Waals surface area contributed by atoms with Crippen molar-refractivity contribution in [1.82, 2.24) is 5.32 Å². The van der Waals surface area contributed by atoms with Crippen molar-refractivity contribution in [3.05, 3.63) is 0 Å². The summed E-state index contributed by atoms with van der Waals surface area (Å²) < 4.78 is 0. The second kappa shape index (κ2) is 5.70. The number of nitrogens with two attached hydrogens (primary N) is 1. The minimum Gasteiger partial charge on any atom is -0.480 e. The normalized spacial score (nSPS) is 16.5. The van der Waals surface area contributed by atoms with Gasteiger partial charge in [-0.25, -0.2) is 4.79 Å². The summed E-state index contributed by atoms with van der Waals surface area (Å²) in [6.07, 6.45) is 1.25. The van der Waals surface area contributed by atoms with Crippen LogP contribution in [0.15, 0.2) is 0 Å². The summed E-state index contributed by atoms with van der Waals surface area (Å²) in [5.41, 5.74) is 4.27. The number of rotatable bonds is 6. The zero-order valence-electron chi connectivity index (χ0n) is 9.54. The summed E-state index contributed by atoms with van der Waals surface area (Å²) in [5.74, 6) is -1.33. The second-order valence-corrected chi connectivity index (χ2v) is 4.12. The predicted molar refractivity (Wildman–Crippen MR) is 57.4 cm³/mol. The highest BCUT2D eigenvalue weighted by atomic mass is 16.4. The van der Waals surface area contributed by atoms with Crippen molar-refractivity contribution in [3.8, 4) is 0 Å². The highest BCUT2D eigenvalue weighted by Crippen LogP contribution is 2.12. The van der Waals surface area contributed by atoms with E-state index in [9.17, 15) is 9.59 Å². The molecule has 0 aromatic heterocycles. The van der Waals surface area contributed by atoms with Gasteiger partial charge in [0.05, 0.1) is 0 Å². The number of nitrogens with one attached hydrogen (secondary N) is 1. The molecule has 15 heavy (non-hydrogen) atoms. The molecule has 0 aliphatic carbocycles. The molecular weight excluding hydrogens is 196 g/mol. The molecule has 4 N–H and O–H groups in total. The van der Waals surface area contributed by atoms with E-state index < -0.39 is 11.5 Å². The van der Waals surface area contributed by atoms with Crippen LogP contribution >= 0.6 is 0 Å². The quantitative estimate of drug-likeness (QED) is 0.602. The lowest BCUT2D eigenvalue weighted by Gasteiger charge is -2.26. The topological polar surface area (TPSA) is 92.4 Å². The van der Waals surface area contributed by atoms with Gasteiger partial charge in [-0.1, -0.05) is 13.3 Å². The molecule has 0 spiro atoms. The molecule has 2 atom stereocenters. The van der Waals surface area contributed by atoms with E-state index in [0.29, 0.717) is 12.8 Å². The Morgan fingerprint density at radius 2 is 2.07 bits per heavy atom. The van der Waals surface area contributed by atoms with Gasteiger partial charge < -0.3 is 16.2 Å². The largest absolute Gasteiger partial charge is 0.480 e. The number of carbonyl (C=O) groups is 2. The molecule has 1 amide bonds. The van der Waals surface area contributed by atoms with Gasteiger partial charge in [-0.05, 0) is 20.3 Å². The van der Waals surface area contributed by atoms with Crippen molar-refractivity contribution in [1.29, 1.82) is 0 Å². The first-order chi connectivity index (χ1) is 6.81. The first-order valence-electron chi connectivity index (χ1n) is 5.12. The third kappa shape index (κ3) is 4.78. The van der Waals surface area contributed by atoms with E-state index in [1.807, 2.05) is 6.92 Å². The van der Waals surface area contributed by atoms with Gasteiger partial charge in [0, 0.05) is 12.5 Å². The number of carboxylic acid groups (broad SMARTS) is 1. The van der Waals surface area contributed by atoms with Crippen LogP contribution in [0.3, 0.4) is 0 Å². The molecular formula is C10H20N2O3. The van der Waals surface area contributed by atoms with Gasteiger partial charge in [0.2, 0.25) is 5.91 Å². The minimum absolute atomic E-state index is 0.145. The molecule has 0 fully saturated rings. The highest BCUT2D eigenvalue weighted by Gasteiger charge is 2.33. The number of carboxylic acids is 1. The molecule has 88 valence electrons. The van der Waals surface area contributed by atoms with Crippen LogP contribution < -0.4 is 11.1 Å². The zero-order valence-corrected chi connectivity index (χ0v) is 9.54. The lowest BCUT2D eigenvalue weighted by molar-refractivity contribution is -0.147. The van der Waals surface area contributed by atoms with Crippen LogP contribution in [0.1, 0.15) is 40.0 Å². The molecule has 0 heterocycles. The summed E-state index contributed by atoms with van der Waals surface area (Å²) in [4.78, 5) is 22.4. The van der Waals surface area contributed by atoms with Gasteiger partial charge in [0.1, 0.15) is 5.54 Å². The molecule has 2 unspecified atom stereocenters. The summed E-state index contributed by atoms with van der Waals surface area (Å²) >= 11 is 0. The number of hydrogen-bond donors (Lipinski definition) is 3. The van der Waals surface area contributed by atoms with Crippen LogP contribution in [0.4, 0.5) is 0 Å². The first-order valence-corrected chi connectivity index (χ1v) is 5.12. The van der Waals surface area contributed by atoms with Gasteiger partial charge in [-0.2, -0.15) is 0 Å². The van der Waals surface area contributed by atoms with Crippen LogP contribution in [0.2, 0.25) is 0 Å². The Hall–Kier alpha value is -1.10. The van der Waals surface area contributed by atoms with E-state index in [4.69, 9.17) is 10.8 Å². The van der Waals surface area contributed by atoms with Gasteiger partial charge >= 0.3 is 5.97 Å². The fraction of sp³-hybridized carbons (Fsp3) is 0.800. The first kappa shape index (κ1) is 13.9. The fourth-order valence-corrected chi connectivity index (χ4v) is 1.37. The van der Waals surface area contributed by atoms with Gasteiger partial charge in [0.15, 0.2) is 0 Å². The molecule has 0 aromatic rings. The van der Waals surface area contributed by atoms with E-state index in [2.05, 4.69) is 5.32 Å². The maximum absolute atomic E-state index is 11.4. The Morgan fingerprint density at radius 1 is 1.53 bits per heavy atom. The third-order valence-electron chi connectivity index (χ3n) is 2.14. The van der Waals surface area contributed by atoms with E-state index in [0.717, 1.165) is 0 Å². The summed E-state index contributed by atoms with van der Waals surface area (Å²) in [7, 11) is 0. The maximum Gasteiger partial charge on any atom is 0.329 e. The third-order valence-corrected chi connectivity index (χ3v) is 2.14. The Bertz CT molecular complexity index is 241. The molecule has 0 saturated carbocycles. The molecule has 0 saturated heterocycles. The van der Waals surface area contributed by atoms with Crippen molar-refractivity contribution in [3.63, 3.8) is 0 Å². The molecule has 5 nitrogen and oxygen atoms in total. The van der Waals surface area contributed by atoms with Crippen LogP contribution in [-0.2, 0) is 9.59 Å². The molecule has 0 rings (SSSR count). The van der Waals surface area contributed by atoms with Crippen molar-refractivity contribution in [2.24, 2.45) is 5.73 Å². The minimum atomic E-state index is -1.18. The summed E-state index contributed by atoms with van der Waals surface area (Å²) in [6.45, 7) is 5.09. The summed E-state index contributed by atoms with van der Waals surface area (Å²) in [6, 6.07) is -0.260. The van der Waals surface area contributed by atoms with Crippen molar-refractivity contribution < 1.29 is 14.7 Å². The summed E-state index contributed by atoms with van der Waals surface area (Å²) in [5, 5.41) is 11.5.